The summed E-state index contributed by atoms with van der Waals surface area (Å²) >= 11 is 0. The molecule has 0 aromatic carbocycles. The summed E-state index contributed by atoms with van der Waals surface area (Å²) in [4.78, 5) is 0. The van der Waals surface area contributed by atoms with Crippen molar-refractivity contribution in [1.82, 2.24) is 6.15 Å². The van der Waals surface area contributed by atoms with Gasteiger partial charge in [-0.3, -0.25) is 0 Å². The molecule has 3 nitrogen and oxygen atoms in total. The minimum absolute atomic E-state index is 0. The molecule has 0 aliphatic heterocycles. The second-order valence-corrected chi connectivity index (χ2v) is 4.50. The van der Waals surface area contributed by atoms with E-state index in [2.05, 4.69) is 20.0 Å². The Balaban J connectivity index is -0.0000000150. The van der Waals surface area contributed by atoms with Gasteiger partial charge < -0.3 is 17.1 Å². The van der Waals surface area contributed by atoms with Gasteiger partial charge in [0, 0.05) is 20.0 Å². The van der Waals surface area contributed by atoms with Crippen LogP contribution < -0.4 is 6.15 Å². The Morgan fingerprint density at radius 3 is 0.857 bits per heavy atom. The van der Waals surface area contributed by atoms with E-state index in [1.54, 1.807) is 0 Å². The molecular weight excluding hydrogens is 113 g/mol. The zero-order valence-electron chi connectivity index (χ0n) is 5.39. The second kappa shape index (κ2) is 16.2. The third kappa shape index (κ3) is 1220. The topological polar surface area (TPSA) is 96.5 Å². The van der Waals surface area contributed by atoms with Crippen LogP contribution in [0, 0.1) is 0 Å². The number of hydrogen-bond acceptors (Lipinski definition) is 2. The SMILES string of the molecule is C[PH+](C)C.[NH4+].[OH-].[OH-]. The van der Waals surface area contributed by atoms with E-state index in [0.29, 0.717) is 0 Å². The van der Waals surface area contributed by atoms with Crippen molar-refractivity contribution in [2.45, 2.75) is 0 Å². The Kier molecular flexibility index (Phi) is 61.6. The van der Waals surface area contributed by atoms with Crippen LogP contribution >= 0.6 is 7.92 Å². The minimum Gasteiger partial charge on any atom is -0.870 e. The van der Waals surface area contributed by atoms with Crippen LogP contribution in [-0.2, 0) is 0 Å². The van der Waals surface area contributed by atoms with Crippen LogP contribution in [0.25, 0.3) is 0 Å². The molecule has 0 fully saturated rings. The Morgan fingerprint density at radius 1 is 0.857 bits per heavy atom. The van der Waals surface area contributed by atoms with Crippen LogP contribution in [-0.4, -0.2) is 30.9 Å². The van der Waals surface area contributed by atoms with Crippen LogP contribution in [0.2, 0.25) is 0 Å². The van der Waals surface area contributed by atoms with Crippen molar-refractivity contribution in [2.24, 2.45) is 0 Å². The van der Waals surface area contributed by atoms with Crippen molar-refractivity contribution in [3.63, 3.8) is 0 Å². The first-order chi connectivity index (χ1) is 1.73. The van der Waals surface area contributed by atoms with E-state index >= 15 is 0 Å². The maximum atomic E-state index is 2.27. The summed E-state index contributed by atoms with van der Waals surface area (Å²) in [6.07, 6.45) is 0. The summed E-state index contributed by atoms with van der Waals surface area (Å²) in [5.74, 6) is 0. The van der Waals surface area contributed by atoms with Gasteiger partial charge in [0.25, 0.3) is 0 Å². The Hall–Kier alpha value is 0.310. The van der Waals surface area contributed by atoms with Crippen molar-refractivity contribution < 1.29 is 11.0 Å². The highest BCUT2D eigenvalue weighted by Crippen LogP contribution is 2.14. The molecule has 50 valence electrons. The van der Waals surface area contributed by atoms with Gasteiger partial charge in [-0.25, -0.2) is 0 Å². The van der Waals surface area contributed by atoms with Crippen LogP contribution in [0.3, 0.4) is 0 Å². The highest BCUT2D eigenvalue weighted by Gasteiger charge is 1.75. The van der Waals surface area contributed by atoms with E-state index < -0.39 is 0 Å². The maximum absolute atomic E-state index is 2.27. The quantitative estimate of drug-likeness (QED) is 0.495. The first-order valence-corrected chi connectivity index (χ1v) is 4.50. The highest BCUT2D eigenvalue weighted by atomic mass is 31.1. The predicted molar refractivity (Wildman–Crippen MR) is 35.9 cm³/mol. The van der Waals surface area contributed by atoms with Gasteiger partial charge in [0.15, 0.2) is 0 Å². The molecule has 0 unspecified atom stereocenters. The molecule has 0 amide bonds. The zero-order chi connectivity index (χ0) is 3.58. The molecule has 0 spiro atoms. The van der Waals surface area contributed by atoms with Crippen LogP contribution in [0.5, 0.6) is 0 Å². The lowest BCUT2D eigenvalue weighted by atomic mass is 11.9. The predicted octanol–water partition coefficient (Wildman–Crippen LogP) is 1.11. The highest BCUT2D eigenvalue weighted by molar-refractivity contribution is 7.55. The van der Waals surface area contributed by atoms with Gasteiger partial charge in [-0.2, -0.15) is 0 Å². The molecule has 0 saturated heterocycles. The van der Waals surface area contributed by atoms with Crippen molar-refractivity contribution in [3.8, 4) is 0 Å². The Morgan fingerprint density at radius 2 is 0.857 bits per heavy atom. The molecule has 0 radical (unpaired) electrons. The average molecular weight is 129 g/mol. The monoisotopic (exact) mass is 129 g/mol. The molecule has 0 saturated carbocycles. The summed E-state index contributed by atoms with van der Waals surface area (Å²) in [6, 6.07) is 0. The maximum Gasteiger partial charge on any atom is 0.0461 e. The molecule has 0 aromatic rings. The molecule has 0 rings (SSSR count). The lowest BCUT2D eigenvalue weighted by Crippen LogP contribution is -1.48. The fourth-order valence-corrected chi connectivity index (χ4v) is 0. The first-order valence-electron chi connectivity index (χ1n) is 1.50. The smallest absolute Gasteiger partial charge is 0.0461 e. The molecule has 0 aromatic heterocycles. The molecule has 0 bridgehead atoms. The fraction of sp³-hybridized carbons (Fsp3) is 1.00. The van der Waals surface area contributed by atoms with Gasteiger partial charge >= 0.3 is 0 Å². The van der Waals surface area contributed by atoms with E-state index in [0.717, 1.165) is 0 Å². The van der Waals surface area contributed by atoms with E-state index in [1.165, 1.54) is 0 Å². The summed E-state index contributed by atoms with van der Waals surface area (Å²) in [7, 11) is 0.120. The van der Waals surface area contributed by atoms with Crippen molar-refractivity contribution in [3.05, 3.63) is 0 Å². The lowest BCUT2D eigenvalue weighted by Gasteiger charge is -1.71. The molecule has 0 atom stereocenters. The summed E-state index contributed by atoms with van der Waals surface area (Å²) in [6.45, 7) is 6.81. The first kappa shape index (κ1) is 26.6. The third-order valence-electron chi connectivity index (χ3n) is 0. The van der Waals surface area contributed by atoms with Crippen molar-refractivity contribution in [1.29, 1.82) is 0 Å². The van der Waals surface area contributed by atoms with Crippen LogP contribution in [0.1, 0.15) is 0 Å². The number of hydrogen-bond donors (Lipinski definition) is 1. The molecular formula is C3H16NO2P. The average Bonchev–Trinajstić information content (AvgIpc) is 0.811. The van der Waals surface area contributed by atoms with E-state index in [-0.39, 0.29) is 25.0 Å². The molecule has 0 aliphatic carbocycles. The van der Waals surface area contributed by atoms with Crippen molar-refractivity contribution in [2.75, 3.05) is 20.0 Å². The van der Waals surface area contributed by atoms with Gasteiger partial charge in [-0.1, -0.05) is 0 Å². The second-order valence-electron chi connectivity index (χ2n) is 1.50. The fourth-order valence-electron chi connectivity index (χ4n) is 0. The van der Waals surface area contributed by atoms with E-state index in [9.17, 15) is 0 Å². The molecule has 4 heteroatoms. The van der Waals surface area contributed by atoms with Gasteiger partial charge in [0.1, 0.15) is 0 Å². The minimum atomic E-state index is 0. The summed E-state index contributed by atoms with van der Waals surface area (Å²) in [5.41, 5.74) is 0. The lowest BCUT2D eigenvalue weighted by molar-refractivity contribution is 0.823. The van der Waals surface area contributed by atoms with E-state index in [4.69, 9.17) is 0 Å². The number of quaternary nitrogens is 1. The number of rotatable bonds is 0. The largest absolute Gasteiger partial charge is 0.870 e. The zero-order valence-corrected chi connectivity index (χ0v) is 6.39. The Bertz CT molecular complexity index is 17.7. The van der Waals surface area contributed by atoms with Crippen LogP contribution in [0.4, 0.5) is 0 Å². The van der Waals surface area contributed by atoms with Crippen LogP contribution in [0.15, 0.2) is 0 Å². The standard InChI is InChI=1S/C3H9P.H3N.2H2O/c1-4(2)3;;;/h1-3H3;1H3;2*1H2. The van der Waals surface area contributed by atoms with Gasteiger partial charge in [0.2, 0.25) is 0 Å². The summed E-state index contributed by atoms with van der Waals surface area (Å²) < 4.78 is 0. The van der Waals surface area contributed by atoms with Gasteiger partial charge in [-0.05, 0) is 7.92 Å². The van der Waals surface area contributed by atoms with Gasteiger partial charge in [0.05, 0.1) is 0 Å². The molecule has 7 heavy (non-hydrogen) atoms. The summed E-state index contributed by atoms with van der Waals surface area (Å²) in [5, 5.41) is 0. The Labute approximate surface area is 46.1 Å². The van der Waals surface area contributed by atoms with E-state index in [1.807, 2.05) is 0 Å². The molecule has 0 heterocycles. The van der Waals surface area contributed by atoms with Gasteiger partial charge in [-0.15, -0.1) is 0 Å². The molecule has 6 N–H and O–H groups in total. The normalized spacial score (nSPS) is 5.14. The third-order valence-corrected chi connectivity index (χ3v) is 0. The van der Waals surface area contributed by atoms with Crippen molar-refractivity contribution >= 4 is 7.92 Å². The molecule has 0 aliphatic rings.